The minimum atomic E-state index is 0.704. The van der Waals surface area contributed by atoms with Gasteiger partial charge in [0.15, 0.2) is 11.5 Å². The number of anilines is 1. The van der Waals surface area contributed by atoms with Crippen LogP contribution in [-0.4, -0.2) is 21.3 Å². The van der Waals surface area contributed by atoms with Gasteiger partial charge < -0.3 is 19.9 Å². The smallest absolute Gasteiger partial charge is 0.161 e. The predicted molar refractivity (Wildman–Crippen MR) is 93.5 cm³/mol. The van der Waals surface area contributed by atoms with Crippen molar-refractivity contribution in [2.45, 2.75) is 0 Å². The number of fused-ring (bicyclic) bond motifs is 1. The van der Waals surface area contributed by atoms with Crippen molar-refractivity contribution < 1.29 is 14.2 Å². The number of rotatable bonds is 4. The summed E-state index contributed by atoms with van der Waals surface area (Å²) in [5, 5.41) is 2.13. The van der Waals surface area contributed by atoms with Gasteiger partial charge in [-0.05, 0) is 52.7 Å². The van der Waals surface area contributed by atoms with Gasteiger partial charge in [-0.1, -0.05) is 12.1 Å². The fraction of sp³-hybridized carbons (Fsp3) is 0.158. The highest BCUT2D eigenvalue weighted by Gasteiger charge is 2.09. The van der Waals surface area contributed by atoms with Crippen molar-refractivity contribution in [3.8, 4) is 28.4 Å². The zero-order chi connectivity index (χ0) is 16.4. The first-order valence-corrected chi connectivity index (χ1v) is 7.26. The number of methoxy groups -OCH3 is 3. The average molecular weight is 309 g/mol. The van der Waals surface area contributed by atoms with Gasteiger partial charge >= 0.3 is 0 Å². The lowest BCUT2D eigenvalue weighted by atomic mass is 9.99. The van der Waals surface area contributed by atoms with Gasteiger partial charge in [0, 0.05) is 11.3 Å². The second-order valence-electron chi connectivity index (χ2n) is 5.22. The van der Waals surface area contributed by atoms with Crippen molar-refractivity contribution >= 4 is 16.5 Å². The van der Waals surface area contributed by atoms with E-state index in [-0.39, 0.29) is 0 Å². The second kappa shape index (κ2) is 6.08. The maximum absolute atomic E-state index is 6.12. The van der Waals surface area contributed by atoms with Crippen LogP contribution in [0.25, 0.3) is 21.9 Å². The molecule has 0 bridgehead atoms. The highest BCUT2D eigenvalue weighted by molar-refractivity contribution is 5.91. The van der Waals surface area contributed by atoms with Crippen LogP contribution in [0.15, 0.2) is 48.5 Å². The van der Waals surface area contributed by atoms with Crippen LogP contribution >= 0.6 is 0 Å². The van der Waals surface area contributed by atoms with Crippen molar-refractivity contribution in [2.24, 2.45) is 0 Å². The summed E-state index contributed by atoms with van der Waals surface area (Å²) in [6.45, 7) is 0. The Labute approximate surface area is 135 Å². The first kappa shape index (κ1) is 15.0. The Balaban J connectivity index is 2.16. The molecular weight excluding hydrogens is 290 g/mol. The molecule has 0 aliphatic rings. The van der Waals surface area contributed by atoms with E-state index in [1.54, 1.807) is 21.3 Å². The molecular formula is C19H19NO3. The van der Waals surface area contributed by atoms with Gasteiger partial charge in [-0.2, -0.15) is 0 Å². The van der Waals surface area contributed by atoms with Gasteiger partial charge in [0.1, 0.15) is 5.75 Å². The Kier molecular flexibility index (Phi) is 3.98. The molecule has 4 nitrogen and oxygen atoms in total. The lowest BCUT2D eigenvalue weighted by molar-refractivity contribution is 0.356. The number of hydrogen-bond donors (Lipinski definition) is 1. The van der Waals surface area contributed by atoms with Crippen molar-refractivity contribution in [3.05, 3.63) is 48.5 Å². The van der Waals surface area contributed by atoms with Crippen molar-refractivity contribution in [1.82, 2.24) is 0 Å². The maximum atomic E-state index is 6.12. The van der Waals surface area contributed by atoms with E-state index in [0.717, 1.165) is 27.6 Å². The lowest BCUT2D eigenvalue weighted by Gasteiger charge is -2.12. The first-order valence-electron chi connectivity index (χ1n) is 7.26. The Morgan fingerprint density at radius 1 is 0.696 bits per heavy atom. The Morgan fingerprint density at radius 3 is 2.04 bits per heavy atom. The zero-order valence-electron chi connectivity index (χ0n) is 13.4. The van der Waals surface area contributed by atoms with Gasteiger partial charge in [-0.3, -0.25) is 0 Å². The van der Waals surface area contributed by atoms with E-state index in [0.29, 0.717) is 17.2 Å². The molecule has 3 aromatic carbocycles. The number of benzene rings is 3. The molecule has 0 heterocycles. The second-order valence-corrected chi connectivity index (χ2v) is 5.22. The summed E-state index contributed by atoms with van der Waals surface area (Å²) in [4.78, 5) is 0. The molecule has 4 heteroatoms. The number of nitrogens with two attached hydrogens (primary N) is 1. The molecule has 0 atom stereocenters. The molecule has 118 valence electrons. The van der Waals surface area contributed by atoms with Crippen LogP contribution < -0.4 is 19.9 Å². The van der Waals surface area contributed by atoms with Crippen LogP contribution in [0.1, 0.15) is 0 Å². The van der Waals surface area contributed by atoms with E-state index in [1.165, 1.54) is 0 Å². The minimum Gasteiger partial charge on any atom is -0.497 e. The Bertz CT molecular complexity index is 859. The van der Waals surface area contributed by atoms with E-state index >= 15 is 0 Å². The van der Waals surface area contributed by atoms with E-state index in [1.807, 2.05) is 42.5 Å². The first-order chi connectivity index (χ1) is 11.2. The van der Waals surface area contributed by atoms with Crippen molar-refractivity contribution in [2.75, 3.05) is 27.1 Å². The van der Waals surface area contributed by atoms with E-state index in [2.05, 4.69) is 6.07 Å². The van der Waals surface area contributed by atoms with Crippen LogP contribution in [-0.2, 0) is 0 Å². The van der Waals surface area contributed by atoms with Gasteiger partial charge in [0.2, 0.25) is 0 Å². The van der Waals surface area contributed by atoms with E-state index < -0.39 is 0 Å². The number of ether oxygens (including phenoxy) is 3. The summed E-state index contributed by atoms with van der Waals surface area (Å²) in [6, 6.07) is 15.8. The quantitative estimate of drug-likeness (QED) is 0.737. The zero-order valence-corrected chi connectivity index (χ0v) is 13.4. The Hall–Kier alpha value is -2.88. The molecule has 0 aliphatic carbocycles. The molecule has 0 radical (unpaired) electrons. The topological polar surface area (TPSA) is 53.7 Å². The summed E-state index contributed by atoms with van der Waals surface area (Å²) < 4.78 is 16.0. The van der Waals surface area contributed by atoms with E-state index in [4.69, 9.17) is 19.9 Å². The van der Waals surface area contributed by atoms with Gasteiger partial charge in [-0.15, -0.1) is 0 Å². The minimum absolute atomic E-state index is 0.704. The van der Waals surface area contributed by atoms with Crippen LogP contribution in [0.2, 0.25) is 0 Å². The van der Waals surface area contributed by atoms with Gasteiger partial charge in [0.25, 0.3) is 0 Å². The van der Waals surface area contributed by atoms with Crippen LogP contribution in [0.5, 0.6) is 17.2 Å². The molecule has 3 rings (SSSR count). The monoisotopic (exact) mass is 309 g/mol. The third-order valence-electron chi connectivity index (χ3n) is 3.91. The van der Waals surface area contributed by atoms with Crippen LogP contribution in [0.4, 0.5) is 5.69 Å². The van der Waals surface area contributed by atoms with Crippen LogP contribution in [0, 0.1) is 0 Å². The summed E-state index contributed by atoms with van der Waals surface area (Å²) in [6.07, 6.45) is 0. The summed E-state index contributed by atoms with van der Waals surface area (Å²) in [5.41, 5.74) is 8.81. The molecule has 0 unspecified atom stereocenters. The molecule has 23 heavy (non-hydrogen) atoms. The number of nitrogen functional groups attached to an aromatic ring is 1. The SMILES string of the molecule is COc1ccc(N)c(-c2ccc3cc(OC)c(OC)cc3c2)c1. The lowest BCUT2D eigenvalue weighted by Crippen LogP contribution is -1.93. The van der Waals surface area contributed by atoms with Crippen molar-refractivity contribution in [3.63, 3.8) is 0 Å². The molecule has 0 aliphatic heterocycles. The summed E-state index contributed by atoms with van der Waals surface area (Å²) in [5.74, 6) is 2.20. The Morgan fingerprint density at radius 2 is 1.39 bits per heavy atom. The molecule has 0 saturated heterocycles. The summed E-state index contributed by atoms with van der Waals surface area (Å²) in [7, 11) is 4.91. The molecule has 0 saturated carbocycles. The fourth-order valence-electron chi connectivity index (χ4n) is 2.65. The third-order valence-corrected chi connectivity index (χ3v) is 3.91. The van der Waals surface area contributed by atoms with Gasteiger partial charge in [-0.25, -0.2) is 0 Å². The molecule has 3 aromatic rings. The van der Waals surface area contributed by atoms with Crippen molar-refractivity contribution in [1.29, 1.82) is 0 Å². The molecule has 0 aromatic heterocycles. The highest BCUT2D eigenvalue weighted by Crippen LogP contribution is 2.36. The molecule has 0 spiro atoms. The van der Waals surface area contributed by atoms with Crippen LogP contribution in [0.3, 0.4) is 0 Å². The largest absolute Gasteiger partial charge is 0.497 e. The standard InChI is InChI=1S/C19H19NO3/c1-21-15-6-7-17(20)16(11-15)13-5-4-12-9-18(22-2)19(23-3)10-14(12)8-13/h4-11H,20H2,1-3H3. The molecule has 0 amide bonds. The average Bonchev–Trinajstić information content (AvgIpc) is 2.60. The third kappa shape index (κ3) is 2.75. The fourth-order valence-corrected chi connectivity index (χ4v) is 2.65. The highest BCUT2D eigenvalue weighted by atomic mass is 16.5. The number of hydrogen-bond acceptors (Lipinski definition) is 4. The molecule has 2 N–H and O–H groups in total. The van der Waals surface area contributed by atoms with E-state index in [9.17, 15) is 0 Å². The molecule has 0 fully saturated rings. The van der Waals surface area contributed by atoms with Gasteiger partial charge in [0.05, 0.1) is 21.3 Å². The maximum Gasteiger partial charge on any atom is 0.161 e. The summed E-state index contributed by atoms with van der Waals surface area (Å²) >= 11 is 0. The normalized spacial score (nSPS) is 10.6. The predicted octanol–water partition coefficient (Wildman–Crippen LogP) is 4.11.